The molecule has 1 N–H and O–H groups in total. The number of nitrogens with zero attached hydrogens (tertiary/aromatic N) is 2. The van der Waals surface area contributed by atoms with E-state index in [0.29, 0.717) is 0 Å². The Kier molecular flexibility index (Phi) is 2.92. The first kappa shape index (κ1) is 8.69. The van der Waals surface area contributed by atoms with E-state index in [0.717, 1.165) is 24.8 Å². The van der Waals surface area contributed by atoms with Gasteiger partial charge in [0.2, 0.25) is 6.39 Å². The van der Waals surface area contributed by atoms with Crippen LogP contribution in [0, 0.1) is 5.92 Å². The molecule has 1 aliphatic rings. The van der Waals surface area contributed by atoms with Gasteiger partial charge in [-0.1, -0.05) is 18.0 Å². The van der Waals surface area contributed by atoms with Crippen molar-refractivity contribution in [1.29, 1.82) is 0 Å². The normalized spacial score (nSPS) is 18.2. The number of rotatable bonds is 4. The van der Waals surface area contributed by atoms with Crippen molar-refractivity contribution in [2.75, 3.05) is 6.54 Å². The quantitative estimate of drug-likeness (QED) is 0.761. The molecule has 0 saturated heterocycles. The molecule has 72 valence electrons. The van der Waals surface area contributed by atoms with Crippen molar-refractivity contribution >= 4 is 0 Å². The number of nitrogens with one attached hydrogen (secondary N) is 1. The van der Waals surface area contributed by atoms with Gasteiger partial charge in [-0.05, 0) is 25.3 Å². The summed E-state index contributed by atoms with van der Waals surface area (Å²) in [5.74, 6) is 1.62. The molecule has 0 spiro atoms. The van der Waals surface area contributed by atoms with Crippen LogP contribution in [0.25, 0.3) is 0 Å². The topological polar surface area (TPSA) is 51.0 Å². The van der Waals surface area contributed by atoms with E-state index >= 15 is 0 Å². The molecule has 0 amide bonds. The fourth-order valence-corrected chi connectivity index (χ4v) is 1.87. The molecule has 1 heterocycles. The minimum absolute atomic E-state index is 0.729. The van der Waals surface area contributed by atoms with Gasteiger partial charge in [-0.15, -0.1) is 0 Å². The summed E-state index contributed by atoms with van der Waals surface area (Å²) in [6, 6.07) is 0. The lowest BCUT2D eigenvalue weighted by atomic mass is 10.1. The van der Waals surface area contributed by atoms with Crippen LogP contribution >= 0.6 is 0 Å². The highest BCUT2D eigenvalue weighted by molar-refractivity contribution is 4.77. The number of hydrogen-bond acceptors (Lipinski definition) is 4. The third-order valence-electron chi connectivity index (χ3n) is 2.60. The predicted octanol–water partition coefficient (Wildman–Crippen LogP) is 1.35. The van der Waals surface area contributed by atoms with Crippen LogP contribution in [0.2, 0.25) is 0 Å². The molecular formula is C9H15N3O. The van der Waals surface area contributed by atoms with Crippen LogP contribution in [0.5, 0.6) is 0 Å². The maximum Gasteiger partial charge on any atom is 0.213 e. The minimum atomic E-state index is 0.729. The zero-order valence-corrected chi connectivity index (χ0v) is 7.70. The lowest BCUT2D eigenvalue weighted by Gasteiger charge is -2.08. The second kappa shape index (κ2) is 4.37. The molecule has 1 aromatic heterocycles. The van der Waals surface area contributed by atoms with Crippen molar-refractivity contribution in [1.82, 2.24) is 15.5 Å². The third-order valence-corrected chi connectivity index (χ3v) is 2.60. The van der Waals surface area contributed by atoms with Gasteiger partial charge in [0.05, 0.1) is 6.54 Å². The highest BCUT2D eigenvalue weighted by Crippen LogP contribution is 2.23. The van der Waals surface area contributed by atoms with Crippen molar-refractivity contribution in [3.63, 3.8) is 0 Å². The van der Waals surface area contributed by atoms with Crippen molar-refractivity contribution < 1.29 is 4.52 Å². The number of hydrogen-bond donors (Lipinski definition) is 1. The minimum Gasteiger partial charge on any atom is -0.343 e. The van der Waals surface area contributed by atoms with E-state index in [1.165, 1.54) is 32.1 Å². The molecule has 13 heavy (non-hydrogen) atoms. The Bertz CT molecular complexity index is 229. The SMILES string of the molecule is c1nc(CNCC2CCCC2)no1. The molecule has 1 aromatic rings. The fraction of sp³-hybridized carbons (Fsp3) is 0.778. The Hall–Kier alpha value is -0.900. The lowest BCUT2D eigenvalue weighted by Crippen LogP contribution is -2.21. The standard InChI is InChI=1S/C9H15N3O/c1-2-4-8(3-1)5-10-6-9-11-7-13-12-9/h7-8,10H,1-6H2. The molecule has 0 radical (unpaired) electrons. The summed E-state index contributed by atoms with van der Waals surface area (Å²) in [5.41, 5.74) is 0. The maximum atomic E-state index is 4.64. The van der Waals surface area contributed by atoms with E-state index in [-0.39, 0.29) is 0 Å². The zero-order valence-electron chi connectivity index (χ0n) is 7.70. The van der Waals surface area contributed by atoms with Gasteiger partial charge in [0, 0.05) is 0 Å². The van der Waals surface area contributed by atoms with E-state index in [1.807, 2.05) is 0 Å². The molecule has 1 saturated carbocycles. The molecule has 0 unspecified atom stereocenters. The summed E-state index contributed by atoms with van der Waals surface area (Å²) in [5, 5.41) is 7.08. The summed E-state index contributed by atoms with van der Waals surface area (Å²) in [4.78, 5) is 3.94. The zero-order chi connectivity index (χ0) is 8.93. The van der Waals surface area contributed by atoms with E-state index in [9.17, 15) is 0 Å². The lowest BCUT2D eigenvalue weighted by molar-refractivity contribution is 0.404. The predicted molar refractivity (Wildman–Crippen MR) is 48.0 cm³/mol. The molecule has 4 nitrogen and oxygen atoms in total. The number of aromatic nitrogens is 2. The molecule has 0 atom stereocenters. The Morgan fingerprint density at radius 1 is 1.46 bits per heavy atom. The Balaban J connectivity index is 1.63. The monoisotopic (exact) mass is 181 g/mol. The van der Waals surface area contributed by atoms with Gasteiger partial charge in [0.1, 0.15) is 0 Å². The van der Waals surface area contributed by atoms with Gasteiger partial charge < -0.3 is 9.84 Å². The van der Waals surface area contributed by atoms with Crippen LogP contribution in [0.3, 0.4) is 0 Å². The van der Waals surface area contributed by atoms with E-state index in [1.54, 1.807) is 0 Å². The fourth-order valence-electron chi connectivity index (χ4n) is 1.87. The molecule has 0 aliphatic heterocycles. The molecular weight excluding hydrogens is 166 g/mol. The largest absolute Gasteiger partial charge is 0.343 e. The highest BCUT2D eigenvalue weighted by Gasteiger charge is 2.14. The third kappa shape index (κ3) is 2.52. The maximum absolute atomic E-state index is 4.64. The molecule has 0 aromatic carbocycles. The summed E-state index contributed by atoms with van der Waals surface area (Å²) in [7, 11) is 0. The van der Waals surface area contributed by atoms with Gasteiger partial charge in [-0.2, -0.15) is 4.98 Å². The average molecular weight is 181 g/mol. The first-order chi connectivity index (χ1) is 6.45. The second-order valence-electron chi connectivity index (χ2n) is 3.63. The van der Waals surface area contributed by atoms with Crippen LogP contribution in [0.15, 0.2) is 10.9 Å². The Morgan fingerprint density at radius 2 is 2.31 bits per heavy atom. The van der Waals surface area contributed by atoms with Crippen molar-refractivity contribution in [3.05, 3.63) is 12.2 Å². The molecule has 4 heteroatoms. The molecule has 1 aliphatic carbocycles. The van der Waals surface area contributed by atoms with Gasteiger partial charge in [-0.3, -0.25) is 0 Å². The van der Waals surface area contributed by atoms with Crippen molar-refractivity contribution in [3.8, 4) is 0 Å². The first-order valence-corrected chi connectivity index (χ1v) is 4.91. The van der Waals surface area contributed by atoms with Crippen molar-refractivity contribution in [2.45, 2.75) is 32.2 Å². The Labute approximate surface area is 77.7 Å². The van der Waals surface area contributed by atoms with Gasteiger partial charge in [-0.25, -0.2) is 0 Å². The summed E-state index contributed by atoms with van der Waals surface area (Å²) < 4.78 is 4.64. The smallest absolute Gasteiger partial charge is 0.213 e. The van der Waals surface area contributed by atoms with Crippen LogP contribution in [-0.2, 0) is 6.54 Å². The Morgan fingerprint density at radius 3 is 3.00 bits per heavy atom. The second-order valence-corrected chi connectivity index (χ2v) is 3.63. The molecule has 1 fully saturated rings. The van der Waals surface area contributed by atoms with Gasteiger partial charge >= 0.3 is 0 Å². The van der Waals surface area contributed by atoms with Crippen LogP contribution in [0.4, 0.5) is 0 Å². The van der Waals surface area contributed by atoms with E-state index < -0.39 is 0 Å². The van der Waals surface area contributed by atoms with E-state index in [4.69, 9.17) is 0 Å². The van der Waals surface area contributed by atoms with Gasteiger partial charge in [0.15, 0.2) is 5.82 Å². The average Bonchev–Trinajstić information content (AvgIpc) is 2.75. The van der Waals surface area contributed by atoms with E-state index in [2.05, 4.69) is 20.0 Å². The first-order valence-electron chi connectivity index (χ1n) is 4.91. The molecule has 0 bridgehead atoms. The summed E-state index contributed by atoms with van der Waals surface area (Å²) >= 11 is 0. The summed E-state index contributed by atoms with van der Waals surface area (Å²) in [6.45, 7) is 1.82. The van der Waals surface area contributed by atoms with Crippen LogP contribution in [-0.4, -0.2) is 16.7 Å². The van der Waals surface area contributed by atoms with Gasteiger partial charge in [0.25, 0.3) is 0 Å². The highest BCUT2D eigenvalue weighted by atomic mass is 16.5. The van der Waals surface area contributed by atoms with Crippen LogP contribution < -0.4 is 5.32 Å². The van der Waals surface area contributed by atoms with Crippen molar-refractivity contribution in [2.24, 2.45) is 5.92 Å². The molecule has 2 rings (SSSR count). The van der Waals surface area contributed by atoms with Crippen LogP contribution in [0.1, 0.15) is 31.5 Å². The summed E-state index contributed by atoms with van der Waals surface area (Å²) in [6.07, 6.45) is 6.91.